The molecule has 0 saturated carbocycles. The third kappa shape index (κ3) is 2.82. The number of rotatable bonds is 0. The molecule has 6 nitrogen and oxygen atoms in total. The molecule has 0 saturated heterocycles. The Labute approximate surface area is 97.3 Å². The highest BCUT2D eigenvalue weighted by Crippen LogP contribution is 1.99. The van der Waals surface area contributed by atoms with E-state index in [1.165, 1.54) is 12.4 Å². The number of fused-ring (bicyclic) bond motifs is 1. The molecule has 2 aromatic heterocycles. The van der Waals surface area contributed by atoms with E-state index in [2.05, 4.69) is 19.9 Å². The van der Waals surface area contributed by atoms with Gasteiger partial charge in [0.2, 0.25) is 0 Å². The van der Waals surface area contributed by atoms with E-state index in [1.807, 2.05) is 0 Å². The van der Waals surface area contributed by atoms with E-state index in [0.717, 1.165) is 11.2 Å². The molecule has 0 amide bonds. The molecule has 1 aliphatic rings. The second-order valence-electron chi connectivity index (χ2n) is 3.33. The van der Waals surface area contributed by atoms with Gasteiger partial charge in [-0.25, -0.2) is 15.0 Å². The van der Waals surface area contributed by atoms with Gasteiger partial charge in [-0.2, -0.15) is 0 Å². The predicted molar refractivity (Wildman–Crippen MR) is 62.9 cm³/mol. The number of H-pyrrole nitrogens is 1. The van der Waals surface area contributed by atoms with Crippen molar-refractivity contribution in [1.29, 1.82) is 0 Å². The highest BCUT2D eigenvalue weighted by Gasteiger charge is 2.06. The van der Waals surface area contributed by atoms with Crippen molar-refractivity contribution >= 4 is 16.9 Å². The number of hydrogen-bond donors (Lipinski definition) is 2. The van der Waals surface area contributed by atoms with Gasteiger partial charge in [0.25, 0.3) is 0 Å². The molecule has 2 heterocycles. The number of hydrogen-bond acceptors (Lipinski definition) is 5. The van der Waals surface area contributed by atoms with Crippen LogP contribution in [0.1, 0.15) is 0 Å². The number of aromatic nitrogens is 4. The van der Waals surface area contributed by atoms with Gasteiger partial charge in [0.05, 0.1) is 18.6 Å². The fraction of sp³-hybridized carbons (Fsp3) is 0.0909. The lowest BCUT2D eigenvalue weighted by Gasteiger charge is -2.01. The Kier molecular flexibility index (Phi) is 3.37. The van der Waals surface area contributed by atoms with E-state index in [0.29, 0.717) is 0 Å². The molecule has 0 aliphatic heterocycles. The van der Waals surface area contributed by atoms with Gasteiger partial charge >= 0.3 is 0 Å². The van der Waals surface area contributed by atoms with Crippen molar-refractivity contribution in [2.24, 2.45) is 5.73 Å². The lowest BCUT2D eigenvalue weighted by Crippen LogP contribution is -2.27. The zero-order chi connectivity index (χ0) is 12.1. The van der Waals surface area contributed by atoms with E-state index < -0.39 is 6.04 Å². The van der Waals surface area contributed by atoms with Crippen LogP contribution < -0.4 is 5.73 Å². The number of nitrogens with one attached hydrogen (secondary N) is 1. The van der Waals surface area contributed by atoms with Crippen molar-refractivity contribution in [3.63, 3.8) is 0 Å². The largest absolute Gasteiger partial charge is 0.329 e. The number of imidazole rings is 1. The number of carbonyl (C=O) groups is 1. The first-order valence-corrected chi connectivity index (χ1v) is 5.01. The summed E-state index contributed by atoms with van der Waals surface area (Å²) in [6.07, 6.45) is 11.4. The Bertz CT molecular complexity index is 542. The van der Waals surface area contributed by atoms with Gasteiger partial charge < -0.3 is 10.7 Å². The molecule has 3 N–H and O–H groups in total. The highest BCUT2D eigenvalue weighted by atomic mass is 16.1. The first-order valence-electron chi connectivity index (χ1n) is 5.01. The second kappa shape index (κ2) is 5.13. The summed E-state index contributed by atoms with van der Waals surface area (Å²) in [6, 6.07) is -0.403. The lowest BCUT2D eigenvalue weighted by atomic mass is 10.1. The van der Waals surface area contributed by atoms with Gasteiger partial charge in [-0.05, 0) is 6.08 Å². The summed E-state index contributed by atoms with van der Waals surface area (Å²) in [7, 11) is 0. The van der Waals surface area contributed by atoms with E-state index in [9.17, 15) is 4.79 Å². The van der Waals surface area contributed by atoms with Gasteiger partial charge in [0.1, 0.15) is 11.8 Å². The maximum atomic E-state index is 10.5. The minimum Gasteiger partial charge on any atom is -0.329 e. The molecular weight excluding hydrogens is 218 g/mol. The van der Waals surface area contributed by atoms with Crippen molar-refractivity contribution in [2.45, 2.75) is 6.04 Å². The quantitative estimate of drug-likeness (QED) is 0.679. The molecule has 0 aromatic carbocycles. The van der Waals surface area contributed by atoms with Gasteiger partial charge in [0, 0.05) is 0 Å². The van der Waals surface area contributed by atoms with Crippen LogP contribution in [0.25, 0.3) is 11.2 Å². The SMILES string of the molecule is NC1C=CC=CC1=O.c1ncc2nc[nH]c2n1. The fourth-order valence-electron chi connectivity index (χ4n) is 1.23. The van der Waals surface area contributed by atoms with E-state index in [1.54, 1.807) is 30.8 Å². The number of nitrogens with zero attached hydrogens (tertiary/aromatic N) is 3. The summed E-state index contributed by atoms with van der Waals surface area (Å²) >= 11 is 0. The molecule has 3 rings (SSSR count). The van der Waals surface area contributed by atoms with Crippen LogP contribution in [0.2, 0.25) is 0 Å². The van der Waals surface area contributed by atoms with Crippen LogP contribution >= 0.6 is 0 Å². The van der Waals surface area contributed by atoms with Crippen LogP contribution in [0, 0.1) is 0 Å². The monoisotopic (exact) mass is 229 g/mol. The standard InChI is InChI=1S/C6H7NO.C5H4N4/c7-5-3-1-2-4-6(5)8;1-4-5(8-2-6-1)9-3-7-4/h1-5H,7H2;1-3H,(H,6,7,8,9). The molecule has 17 heavy (non-hydrogen) atoms. The average molecular weight is 229 g/mol. The molecule has 1 aliphatic carbocycles. The molecule has 0 fully saturated rings. The third-order valence-electron chi connectivity index (χ3n) is 2.12. The molecule has 0 radical (unpaired) electrons. The fourth-order valence-corrected chi connectivity index (χ4v) is 1.23. The number of ketones is 1. The maximum absolute atomic E-state index is 10.5. The van der Waals surface area contributed by atoms with Crippen LogP contribution in [0.3, 0.4) is 0 Å². The zero-order valence-electron chi connectivity index (χ0n) is 8.95. The Balaban J connectivity index is 0.000000128. The topological polar surface area (TPSA) is 97.5 Å². The minimum atomic E-state index is -0.403. The van der Waals surface area contributed by atoms with Crippen LogP contribution in [-0.4, -0.2) is 31.8 Å². The number of aromatic amines is 1. The zero-order valence-corrected chi connectivity index (χ0v) is 8.95. The van der Waals surface area contributed by atoms with Crippen LogP contribution in [0.15, 0.2) is 43.2 Å². The third-order valence-corrected chi connectivity index (χ3v) is 2.12. The Hall–Kier alpha value is -2.34. The normalized spacial score (nSPS) is 17.9. The van der Waals surface area contributed by atoms with Crippen LogP contribution in [0.5, 0.6) is 0 Å². The van der Waals surface area contributed by atoms with Crippen LogP contribution in [0.4, 0.5) is 0 Å². The number of nitrogens with two attached hydrogens (primary N) is 1. The number of allylic oxidation sites excluding steroid dienone is 2. The van der Waals surface area contributed by atoms with E-state index >= 15 is 0 Å². The number of carbonyl (C=O) groups excluding carboxylic acids is 1. The van der Waals surface area contributed by atoms with Crippen molar-refractivity contribution in [3.05, 3.63) is 43.2 Å². The summed E-state index contributed by atoms with van der Waals surface area (Å²) in [5, 5.41) is 0. The highest BCUT2D eigenvalue weighted by molar-refractivity contribution is 5.96. The summed E-state index contributed by atoms with van der Waals surface area (Å²) in [5.41, 5.74) is 6.88. The molecule has 0 bridgehead atoms. The van der Waals surface area contributed by atoms with Gasteiger partial charge in [0.15, 0.2) is 11.4 Å². The first-order chi connectivity index (χ1) is 8.27. The Morgan fingerprint density at radius 2 is 2.18 bits per heavy atom. The summed E-state index contributed by atoms with van der Waals surface area (Å²) < 4.78 is 0. The average Bonchev–Trinajstić information content (AvgIpc) is 2.82. The van der Waals surface area contributed by atoms with Gasteiger partial charge in [-0.1, -0.05) is 18.2 Å². The Morgan fingerprint density at radius 3 is 2.82 bits per heavy atom. The molecule has 1 atom stereocenters. The molecule has 2 aromatic rings. The van der Waals surface area contributed by atoms with Gasteiger partial charge in [-0.3, -0.25) is 4.79 Å². The molecular formula is C11H11N5O. The van der Waals surface area contributed by atoms with Crippen molar-refractivity contribution in [3.8, 4) is 0 Å². The Morgan fingerprint density at radius 1 is 1.29 bits per heavy atom. The minimum absolute atomic E-state index is 0.0208. The van der Waals surface area contributed by atoms with E-state index in [4.69, 9.17) is 5.73 Å². The summed E-state index contributed by atoms with van der Waals surface area (Å²) in [5.74, 6) is -0.0208. The van der Waals surface area contributed by atoms with Crippen molar-refractivity contribution in [2.75, 3.05) is 0 Å². The summed E-state index contributed by atoms with van der Waals surface area (Å²) in [4.78, 5) is 25.0. The first kappa shape index (κ1) is 11.2. The summed E-state index contributed by atoms with van der Waals surface area (Å²) in [6.45, 7) is 0. The van der Waals surface area contributed by atoms with Crippen molar-refractivity contribution < 1.29 is 4.79 Å². The smallest absolute Gasteiger partial charge is 0.176 e. The molecule has 1 unspecified atom stereocenters. The van der Waals surface area contributed by atoms with Crippen molar-refractivity contribution in [1.82, 2.24) is 19.9 Å². The molecule has 0 spiro atoms. The van der Waals surface area contributed by atoms with Gasteiger partial charge in [-0.15, -0.1) is 0 Å². The lowest BCUT2D eigenvalue weighted by molar-refractivity contribution is -0.114. The predicted octanol–water partition coefficient (Wildman–Crippen LogP) is 0.362. The second-order valence-corrected chi connectivity index (χ2v) is 3.33. The van der Waals surface area contributed by atoms with Crippen LogP contribution in [-0.2, 0) is 4.79 Å². The maximum Gasteiger partial charge on any atom is 0.176 e. The molecule has 86 valence electrons. The van der Waals surface area contributed by atoms with E-state index in [-0.39, 0.29) is 5.78 Å². The molecule has 6 heteroatoms.